The van der Waals surface area contributed by atoms with Gasteiger partial charge in [0.1, 0.15) is 6.61 Å². The lowest BCUT2D eigenvalue weighted by molar-refractivity contribution is -0.150. The van der Waals surface area contributed by atoms with Crippen LogP contribution in [0.5, 0.6) is 0 Å². The summed E-state index contributed by atoms with van der Waals surface area (Å²) in [6, 6.07) is 0. The number of piperidine rings is 1. The molecule has 0 saturated carbocycles. The molecule has 0 unspecified atom stereocenters. The zero-order valence-electron chi connectivity index (χ0n) is 14.7. The number of likely N-dealkylation sites (tertiary alicyclic amines) is 1. The fraction of sp³-hybridized carbons (Fsp3) is 0.938. The molecule has 2 aliphatic rings. The summed E-state index contributed by atoms with van der Waals surface area (Å²) in [7, 11) is 3.97. The molecule has 134 valence electrons. The number of nitrogens with two attached hydrogens (primary N) is 1. The molecule has 0 amide bonds. The van der Waals surface area contributed by atoms with E-state index in [1.807, 2.05) is 24.0 Å². The van der Waals surface area contributed by atoms with Crippen LogP contribution in [-0.2, 0) is 9.53 Å². The molecule has 0 aromatic heterocycles. The van der Waals surface area contributed by atoms with Crippen LogP contribution in [0.15, 0.2) is 0 Å². The smallest absolute Gasteiger partial charge is 0.309 e. The summed E-state index contributed by atoms with van der Waals surface area (Å²) < 4.78 is 5.37. The Kier molecular flexibility index (Phi) is 7.72. The molecule has 7 nitrogen and oxygen atoms in total. The average molecular weight is 327 g/mol. The topological polar surface area (TPSA) is 65.3 Å². The Bertz CT molecular complexity index is 350. The zero-order valence-corrected chi connectivity index (χ0v) is 14.7. The molecule has 0 radical (unpaired) electrons. The van der Waals surface area contributed by atoms with E-state index in [0.29, 0.717) is 6.61 Å². The van der Waals surface area contributed by atoms with Crippen molar-refractivity contribution in [1.82, 2.24) is 19.7 Å². The molecule has 2 fully saturated rings. The summed E-state index contributed by atoms with van der Waals surface area (Å²) in [5.74, 6) is 5.86. The predicted molar refractivity (Wildman–Crippen MR) is 90.9 cm³/mol. The minimum atomic E-state index is -0.00873. The zero-order chi connectivity index (χ0) is 16.7. The number of carbonyl (C=O) groups is 1. The molecular weight excluding hydrogens is 294 g/mol. The summed E-state index contributed by atoms with van der Waals surface area (Å²) in [6.07, 6.45) is 1.86. The molecule has 0 aromatic carbocycles. The number of likely N-dealkylation sites (N-methyl/N-ethyl adjacent to an activating group) is 1. The van der Waals surface area contributed by atoms with Crippen molar-refractivity contribution in [3.8, 4) is 0 Å². The number of hydrogen-bond donors (Lipinski definition) is 1. The highest BCUT2D eigenvalue weighted by atomic mass is 16.5. The number of carbonyl (C=O) groups excluding carboxylic acids is 1. The van der Waals surface area contributed by atoms with Crippen LogP contribution in [0.4, 0.5) is 0 Å². The number of piperazine rings is 1. The first kappa shape index (κ1) is 18.6. The number of hydrazine groups is 1. The second-order valence-corrected chi connectivity index (χ2v) is 6.96. The van der Waals surface area contributed by atoms with Crippen molar-refractivity contribution in [2.45, 2.75) is 12.8 Å². The Morgan fingerprint density at radius 3 is 2.17 bits per heavy atom. The molecule has 0 atom stereocenters. The first-order chi connectivity index (χ1) is 11.0. The van der Waals surface area contributed by atoms with E-state index >= 15 is 0 Å². The van der Waals surface area contributed by atoms with Crippen LogP contribution in [0.25, 0.3) is 0 Å². The standard InChI is InChI=1S/C16H33N5O2/c1-18(2)13-14-23-16(22)15-3-5-19(6-4-15)7-8-20-9-11-21(17)12-10-20/h15H,3-14,17H2,1-2H3. The van der Waals surface area contributed by atoms with Gasteiger partial charge in [-0.25, -0.2) is 5.01 Å². The molecule has 2 rings (SSSR count). The molecular formula is C16H33N5O2. The lowest BCUT2D eigenvalue weighted by Gasteiger charge is -2.35. The van der Waals surface area contributed by atoms with Crippen molar-refractivity contribution in [3.05, 3.63) is 0 Å². The van der Waals surface area contributed by atoms with Crippen LogP contribution in [0.2, 0.25) is 0 Å². The number of nitrogens with zero attached hydrogens (tertiary/aromatic N) is 4. The minimum absolute atomic E-state index is 0.00873. The molecule has 2 aliphatic heterocycles. The van der Waals surface area contributed by atoms with Gasteiger partial charge in [-0.05, 0) is 40.0 Å². The Balaban J connectivity index is 1.57. The van der Waals surface area contributed by atoms with Crippen molar-refractivity contribution >= 4 is 5.97 Å². The molecule has 2 saturated heterocycles. The fourth-order valence-electron chi connectivity index (χ4n) is 3.11. The van der Waals surface area contributed by atoms with E-state index in [1.54, 1.807) is 0 Å². The maximum Gasteiger partial charge on any atom is 0.309 e. The number of hydrogen-bond acceptors (Lipinski definition) is 7. The Labute approximate surface area is 140 Å². The fourth-order valence-corrected chi connectivity index (χ4v) is 3.11. The largest absolute Gasteiger partial charge is 0.464 e. The van der Waals surface area contributed by atoms with Crippen LogP contribution in [-0.4, -0.2) is 105 Å². The highest BCUT2D eigenvalue weighted by Crippen LogP contribution is 2.18. The van der Waals surface area contributed by atoms with E-state index in [4.69, 9.17) is 10.6 Å². The van der Waals surface area contributed by atoms with Gasteiger partial charge in [0.25, 0.3) is 0 Å². The predicted octanol–water partition coefficient (Wildman–Crippen LogP) is -0.705. The number of esters is 1. The van der Waals surface area contributed by atoms with Gasteiger partial charge in [-0.1, -0.05) is 0 Å². The van der Waals surface area contributed by atoms with E-state index in [9.17, 15) is 4.79 Å². The monoisotopic (exact) mass is 327 g/mol. The molecule has 2 heterocycles. The molecule has 7 heteroatoms. The third kappa shape index (κ3) is 6.73. The second kappa shape index (κ2) is 9.54. The maximum absolute atomic E-state index is 12.0. The Morgan fingerprint density at radius 1 is 1.04 bits per heavy atom. The second-order valence-electron chi connectivity index (χ2n) is 6.96. The van der Waals surface area contributed by atoms with Crippen molar-refractivity contribution in [2.24, 2.45) is 11.8 Å². The number of rotatable bonds is 7. The molecule has 0 spiro atoms. The van der Waals surface area contributed by atoms with Crippen LogP contribution in [0.3, 0.4) is 0 Å². The first-order valence-corrected chi connectivity index (χ1v) is 8.80. The molecule has 23 heavy (non-hydrogen) atoms. The molecule has 0 bridgehead atoms. The van der Waals surface area contributed by atoms with E-state index in [2.05, 4.69) is 9.80 Å². The molecule has 0 aliphatic carbocycles. The lowest BCUT2D eigenvalue weighted by Crippen LogP contribution is -2.51. The van der Waals surface area contributed by atoms with Crippen LogP contribution >= 0.6 is 0 Å². The van der Waals surface area contributed by atoms with E-state index in [-0.39, 0.29) is 11.9 Å². The van der Waals surface area contributed by atoms with Crippen molar-refractivity contribution < 1.29 is 9.53 Å². The Morgan fingerprint density at radius 2 is 1.61 bits per heavy atom. The van der Waals surface area contributed by atoms with Crippen molar-refractivity contribution in [1.29, 1.82) is 0 Å². The van der Waals surface area contributed by atoms with Gasteiger partial charge in [0.2, 0.25) is 0 Å². The lowest BCUT2D eigenvalue weighted by atomic mass is 9.97. The summed E-state index contributed by atoms with van der Waals surface area (Å²) in [4.78, 5) is 19.0. The van der Waals surface area contributed by atoms with Gasteiger partial charge in [-0.15, -0.1) is 0 Å². The summed E-state index contributed by atoms with van der Waals surface area (Å²) in [6.45, 7) is 9.53. The van der Waals surface area contributed by atoms with Crippen molar-refractivity contribution in [3.63, 3.8) is 0 Å². The minimum Gasteiger partial charge on any atom is -0.464 e. The maximum atomic E-state index is 12.0. The van der Waals surface area contributed by atoms with Gasteiger partial charge >= 0.3 is 5.97 Å². The third-order valence-corrected chi connectivity index (χ3v) is 4.84. The number of ether oxygens (including phenoxy) is 1. The SMILES string of the molecule is CN(C)CCOC(=O)C1CCN(CCN2CCN(N)CC2)CC1. The van der Waals surface area contributed by atoms with Crippen LogP contribution < -0.4 is 5.84 Å². The molecule has 2 N–H and O–H groups in total. The average Bonchev–Trinajstić information content (AvgIpc) is 2.54. The summed E-state index contributed by atoms with van der Waals surface area (Å²) in [5, 5.41) is 1.89. The quantitative estimate of drug-likeness (QED) is 0.490. The van der Waals surface area contributed by atoms with Gasteiger partial charge < -0.3 is 14.5 Å². The van der Waals surface area contributed by atoms with Gasteiger partial charge in [0, 0.05) is 45.8 Å². The van der Waals surface area contributed by atoms with E-state index in [0.717, 1.165) is 71.7 Å². The third-order valence-electron chi connectivity index (χ3n) is 4.84. The van der Waals surface area contributed by atoms with Crippen LogP contribution in [0.1, 0.15) is 12.8 Å². The van der Waals surface area contributed by atoms with Gasteiger partial charge in [-0.3, -0.25) is 15.5 Å². The van der Waals surface area contributed by atoms with Gasteiger partial charge in [-0.2, -0.15) is 0 Å². The first-order valence-electron chi connectivity index (χ1n) is 8.80. The van der Waals surface area contributed by atoms with Crippen molar-refractivity contribution in [2.75, 3.05) is 79.6 Å². The highest BCUT2D eigenvalue weighted by molar-refractivity contribution is 5.72. The normalized spacial score (nSPS) is 22.6. The summed E-state index contributed by atoms with van der Waals surface area (Å²) >= 11 is 0. The van der Waals surface area contributed by atoms with E-state index in [1.165, 1.54) is 0 Å². The van der Waals surface area contributed by atoms with Gasteiger partial charge in [0.05, 0.1) is 5.92 Å². The molecule has 0 aromatic rings. The van der Waals surface area contributed by atoms with Gasteiger partial charge in [0.15, 0.2) is 0 Å². The summed E-state index contributed by atoms with van der Waals surface area (Å²) in [5.41, 5.74) is 0. The highest BCUT2D eigenvalue weighted by Gasteiger charge is 2.26. The Hall–Kier alpha value is -0.730. The van der Waals surface area contributed by atoms with Crippen LogP contribution in [0, 0.1) is 5.92 Å². The van der Waals surface area contributed by atoms with E-state index < -0.39 is 0 Å².